The number of benzene rings is 5. The van der Waals surface area contributed by atoms with Crippen LogP contribution in [0.5, 0.6) is 11.5 Å². The van der Waals surface area contributed by atoms with Crippen molar-refractivity contribution in [2.24, 2.45) is 0 Å². The van der Waals surface area contributed by atoms with Crippen LogP contribution in [0.3, 0.4) is 0 Å². The molecule has 1 unspecified atom stereocenters. The molecule has 0 saturated heterocycles. The minimum absolute atomic E-state index is 0.225. The van der Waals surface area contributed by atoms with Crippen molar-refractivity contribution in [3.8, 4) is 39.6 Å². The molecule has 13 rings (SSSR count). The fraction of sp³-hybridized carbons (Fsp3) is 0.0909. The summed E-state index contributed by atoms with van der Waals surface area (Å²) in [6.45, 7) is 4.74. The fourth-order valence-corrected chi connectivity index (χ4v) is 10.3. The van der Waals surface area contributed by atoms with Crippen LogP contribution >= 0.6 is 0 Å². The summed E-state index contributed by atoms with van der Waals surface area (Å²) in [5.74, 6) is 4.11. The molecule has 8 aromatic rings. The molecule has 0 N–H and O–H groups in total. The van der Waals surface area contributed by atoms with Gasteiger partial charge in [-0.25, -0.2) is 0 Å². The number of nitrogens with zero attached hydrogens (tertiary/aromatic N) is 4. The highest BCUT2D eigenvalue weighted by atomic mass is 16.5. The highest BCUT2D eigenvalue weighted by Crippen LogP contribution is 2.63. The smallest absolute Gasteiger partial charge is 0.321 e. The van der Waals surface area contributed by atoms with E-state index >= 15 is 0 Å². The van der Waals surface area contributed by atoms with Crippen molar-refractivity contribution in [1.82, 2.24) is 4.57 Å². The molecule has 5 heteroatoms. The number of para-hydroxylation sites is 2. The molecular weight excluding hydrogens is 601 g/mol. The predicted octanol–water partition coefficient (Wildman–Crippen LogP) is 9.15. The molecule has 228 valence electrons. The van der Waals surface area contributed by atoms with E-state index in [-0.39, 0.29) is 5.41 Å². The van der Waals surface area contributed by atoms with E-state index in [4.69, 9.17) is 4.74 Å². The summed E-state index contributed by atoms with van der Waals surface area (Å²) in [6, 6.07) is 44.9. The topological polar surface area (TPSA) is 25.2 Å². The van der Waals surface area contributed by atoms with Crippen LogP contribution in [0.4, 0.5) is 17.2 Å². The molecule has 1 spiro atoms. The van der Waals surface area contributed by atoms with Gasteiger partial charge in [0.2, 0.25) is 0 Å². The minimum Gasteiger partial charge on any atom is -0.456 e. The highest BCUT2D eigenvalue weighted by Gasteiger charge is 2.67. The number of rotatable bonds is 0. The summed E-state index contributed by atoms with van der Waals surface area (Å²) in [5.41, 5.74) is 13.9. The Morgan fingerprint density at radius 1 is 0.551 bits per heavy atom. The molecule has 5 aliphatic heterocycles. The van der Waals surface area contributed by atoms with Crippen LogP contribution in [-0.2, 0) is 11.1 Å². The van der Waals surface area contributed by atoms with E-state index in [9.17, 15) is 0 Å². The fourth-order valence-electron chi connectivity index (χ4n) is 10.3. The van der Waals surface area contributed by atoms with E-state index in [2.05, 4.69) is 166 Å². The lowest BCUT2D eigenvalue weighted by Crippen LogP contribution is -2.79. The molecule has 5 aromatic carbocycles. The van der Waals surface area contributed by atoms with E-state index in [1.165, 1.54) is 83.5 Å². The molecule has 49 heavy (non-hydrogen) atoms. The van der Waals surface area contributed by atoms with Crippen LogP contribution in [0.15, 0.2) is 134 Å². The van der Waals surface area contributed by atoms with Crippen molar-refractivity contribution in [2.45, 2.75) is 24.9 Å². The van der Waals surface area contributed by atoms with Crippen LogP contribution < -0.4 is 18.8 Å². The standard InChI is InChI=1S/C44H28N4O/c1-43(2)31-16-5-6-17-33(31)47-36-18-7-8-23-45(36)44-37-34(49-35-22-20-32(43)41(47)38(35)44)21-19-29-28-14-9-13-27-25-11-3-4-12-26(25)30-15-10-24-46(44)42(30)48(39(27)28)40(29)37/h3-24H,1-2H3/q+2. The van der Waals surface area contributed by atoms with Crippen molar-refractivity contribution in [3.63, 3.8) is 0 Å². The molecule has 0 amide bonds. The molecule has 8 heterocycles. The zero-order valence-corrected chi connectivity index (χ0v) is 26.9. The SMILES string of the molecule is CC1(C)c2ccccc2N2c3c1ccc1c3C3(c4c(ccc5c6cccc7c6n(c45)-c4c(ccc[n+]43)-c3ccccc3-7)O1)[n+]1ccccc12. The number of aromatic nitrogens is 3. The lowest BCUT2D eigenvalue weighted by molar-refractivity contribution is -0.965. The zero-order valence-electron chi connectivity index (χ0n) is 26.9. The molecule has 0 fully saturated rings. The molecule has 1 atom stereocenters. The number of anilines is 3. The van der Waals surface area contributed by atoms with E-state index in [1.54, 1.807) is 0 Å². The summed E-state index contributed by atoms with van der Waals surface area (Å²) in [6.07, 6.45) is 4.59. The van der Waals surface area contributed by atoms with Gasteiger partial charge in [-0.2, -0.15) is 18.6 Å². The van der Waals surface area contributed by atoms with Crippen molar-refractivity contribution in [3.05, 3.63) is 156 Å². The van der Waals surface area contributed by atoms with Gasteiger partial charge in [0, 0.05) is 38.9 Å². The monoisotopic (exact) mass is 628 g/mol. The van der Waals surface area contributed by atoms with Crippen molar-refractivity contribution in [1.29, 1.82) is 0 Å². The zero-order chi connectivity index (χ0) is 32.0. The quantitative estimate of drug-likeness (QED) is 0.157. The van der Waals surface area contributed by atoms with Gasteiger partial charge in [0.1, 0.15) is 33.8 Å². The molecule has 0 saturated carbocycles. The first kappa shape index (κ1) is 24.9. The van der Waals surface area contributed by atoms with Crippen LogP contribution in [0, 0.1) is 0 Å². The van der Waals surface area contributed by atoms with Crippen LogP contribution in [0.2, 0.25) is 0 Å². The van der Waals surface area contributed by atoms with E-state index in [1.807, 2.05) is 0 Å². The molecule has 5 aliphatic rings. The maximum absolute atomic E-state index is 7.11. The summed E-state index contributed by atoms with van der Waals surface area (Å²) in [5, 5.41) is 2.51. The van der Waals surface area contributed by atoms with Gasteiger partial charge < -0.3 is 4.74 Å². The van der Waals surface area contributed by atoms with Gasteiger partial charge in [0.25, 0.3) is 11.6 Å². The summed E-state index contributed by atoms with van der Waals surface area (Å²) in [7, 11) is 0. The largest absolute Gasteiger partial charge is 0.456 e. The summed E-state index contributed by atoms with van der Waals surface area (Å²) >= 11 is 0. The average molecular weight is 629 g/mol. The van der Waals surface area contributed by atoms with Gasteiger partial charge in [-0.1, -0.05) is 80.6 Å². The van der Waals surface area contributed by atoms with Gasteiger partial charge in [0.15, 0.2) is 11.2 Å². The predicted molar refractivity (Wildman–Crippen MR) is 191 cm³/mol. The summed E-state index contributed by atoms with van der Waals surface area (Å²) < 4.78 is 14.8. The van der Waals surface area contributed by atoms with Crippen LogP contribution in [-0.4, -0.2) is 4.57 Å². The van der Waals surface area contributed by atoms with Crippen molar-refractivity contribution < 1.29 is 13.9 Å². The first-order valence-electron chi connectivity index (χ1n) is 17.1. The van der Waals surface area contributed by atoms with Gasteiger partial charge in [-0.3, -0.25) is 0 Å². The second-order valence-corrected chi connectivity index (χ2v) is 14.5. The number of hydrogen-bond donors (Lipinski definition) is 0. The second-order valence-electron chi connectivity index (χ2n) is 14.5. The molecule has 0 bridgehead atoms. The molecule has 3 aromatic heterocycles. The Morgan fingerprint density at radius 2 is 1.27 bits per heavy atom. The second kappa shape index (κ2) is 7.74. The number of fused-ring (bicyclic) bond motifs is 8. The van der Waals surface area contributed by atoms with Gasteiger partial charge >= 0.3 is 5.66 Å². The normalized spacial score (nSPS) is 18.4. The Bertz CT molecular complexity index is 2920. The molecule has 5 nitrogen and oxygen atoms in total. The lowest BCUT2D eigenvalue weighted by atomic mass is 9.69. The maximum Gasteiger partial charge on any atom is 0.321 e. The van der Waals surface area contributed by atoms with Crippen LogP contribution in [0.25, 0.3) is 49.9 Å². The molecule has 0 radical (unpaired) electrons. The molecular formula is C44H28N4O+2. The number of ether oxygens (including phenoxy) is 1. The van der Waals surface area contributed by atoms with Crippen molar-refractivity contribution in [2.75, 3.05) is 4.90 Å². The Morgan fingerprint density at radius 3 is 2.18 bits per heavy atom. The first-order valence-corrected chi connectivity index (χ1v) is 17.1. The Labute approximate surface area is 282 Å². The third-order valence-corrected chi connectivity index (χ3v) is 12.1. The Balaban J connectivity index is 1.33. The van der Waals surface area contributed by atoms with Gasteiger partial charge in [0.05, 0.1) is 18.0 Å². The highest BCUT2D eigenvalue weighted by molar-refractivity contribution is 6.17. The van der Waals surface area contributed by atoms with Crippen LogP contribution in [0.1, 0.15) is 36.1 Å². The molecule has 0 aliphatic carbocycles. The maximum atomic E-state index is 7.11. The summed E-state index contributed by atoms with van der Waals surface area (Å²) in [4.78, 5) is 2.49. The van der Waals surface area contributed by atoms with Gasteiger partial charge in [-0.15, -0.1) is 0 Å². The average Bonchev–Trinajstić information content (AvgIpc) is 3.42. The van der Waals surface area contributed by atoms with E-state index in [0.717, 1.165) is 17.3 Å². The first-order chi connectivity index (χ1) is 24.1. The lowest BCUT2D eigenvalue weighted by Gasteiger charge is -2.47. The third-order valence-electron chi connectivity index (χ3n) is 12.1. The van der Waals surface area contributed by atoms with E-state index in [0.29, 0.717) is 0 Å². The minimum atomic E-state index is -0.765. The Hall–Kier alpha value is -6.20. The van der Waals surface area contributed by atoms with Gasteiger partial charge in [-0.05, 0) is 59.7 Å². The number of pyridine rings is 2. The third kappa shape index (κ3) is 2.44. The van der Waals surface area contributed by atoms with Crippen molar-refractivity contribution >= 4 is 39.0 Å². The van der Waals surface area contributed by atoms with E-state index < -0.39 is 5.66 Å². The number of hydrogen-bond acceptors (Lipinski definition) is 2. The Kier molecular flexibility index (Phi) is 3.93.